The maximum atomic E-state index is 9.26. The number of phenolic OH excluding ortho intramolecular Hbond substituents is 1. The van der Waals surface area contributed by atoms with E-state index in [1.54, 1.807) is 6.07 Å². The zero-order chi connectivity index (χ0) is 10.8. The molecule has 14 heavy (non-hydrogen) atoms. The molecule has 0 saturated heterocycles. The number of hydrogen-bond acceptors (Lipinski definition) is 3. The Bertz CT molecular complexity index is 372. The summed E-state index contributed by atoms with van der Waals surface area (Å²) in [6.07, 6.45) is 0. The second-order valence-corrected chi connectivity index (χ2v) is 4.01. The number of benzene rings is 1. The number of rotatable bonds is 1. The highest BCUT2D eigenvalue weighted by molar-refractivity contribution is 5.46. The van der Waals surface area contributed by atoms with E-state index < -0.39 is 0 Å². The summed E-state index contributed by atoms with van der Waals surface area (Å²) >= 11 is 0. The highest BCUT2D eigenvalue weighted by Gasteiger charge is 2.12. The Kier molecular flexibility index (Phi) is 2.66. The zero-order valence-electron chi connectivity index (χ0n) is 8.53. The third-order valence-corrected chi connectivity index (χ3v) is 1.51. The Morgan fingerprint density at radius 1 is 1.36 bits per heavy atom. The fraction of sp³-hybridized carbons (Fsp3) is 0.364. The normalized spacial score (nSPS) is 10.7. The fourth-order valence-corrected chi connectivity index (χ4v) is 1.02. The first kappa shape index (κ1) is 10.4. The quantitative estimate of drug-likeness (QED) is 0.741. The summed E-state index contributed by atoms with van der Waals surface area (Å²) in [6.45, 7) is 5.77. The van der Waals surface area contributed by atoms with Crippen molar-refractivity contribution in [3.05, 3.63) is 23.8 Å². The molecular formula is C11H13NO2. The van der Waals surface area contributed by atoms with Gasteiger partial charge in [0.25, 0.3) is 0 Å². The van der Waals surface area contributed by atoms with Crippen LogP contribution >= 0.6 is 0 Å². The maximum absolute atomic E-state index is 9.26. The lowest BCUT2D eigenvalue weighted by Crippen LogP contribution is -2.22. The Balaban J connectivity index is 2.97. The molecule has 3 nitrogen and oxygen atoms in total. The summed E-state index contributed by atoms with van der Waals surface area (Å²) in [6, 6.07) is 6.52. The van der Waals surface area contributed by atoms with Gasteiger partial charge in [0.05, 0.1) is 5.56 Å². The van der Waals surface area contributed by atoms with E-state index in [-0.39, 0.29) is 16.9 Å². The van der Waals surface area contributed by atoms with Crippen LogP contribution in [-0.2, 0) is 0 Å². The minimum absolute atomic E-state index is 0.0197. The highest BCUT2D eigenvalue weighted by atomic mass is 16.5. The van der Waals surface area contributed by atoms with E-state index in [2.05, 4.69) is 0 Å². The van der Waals surface area contributed by atoms with E-state index in [1.165, 1.54) is 12.1 Å². The van der Waals surface area contributed by atoms with Gasteiger partial charge in [-0.25, -0.2) is 0 Å². The average Bonchev–Trinajstić information content (AvgIpc) is 2.06. The number of aromatic hydroxyl groups is 1. The summed E-state index contributed by atoms with van der Waals surface area (Å²) in [5, 5.41) is 17.9. The van der Waals surface area contributed by atoms with Gasteiger partial charge in [0, 0.05) is 6.07 Å². The Hall–Kier alpha value is -1.69. The van der Waals surface area contributed by atoms with Crippen LogP contribution in [0.2, 0.25) is 0 Å². The van der Waals surface area contributed by atoms with Crippen LogP contribution in [0.15, 0.2) is 18.2 Å². The van der Waals surface area contributed by atoms with Gasteiger partial charge in [-0.1, -0.05) is 0 Å². The molecule has 0 spiro atoms. The minimum Gasteiger partial charge on any atom is -0.507 e. The van der Waals surface area contributed by atoms with Crippen LogP contribution in [0.5, 0.6) is 11.5 Å². The molecule has 0 aliphatic carbocycles. The average molecular weight is 191 g/mol. The second-order valence-electron chi connectivity index (χ2n) is 4.01. The molecule has 0 heterocycles. The zero-order valence-corrected chi connectivity index (χ0v) is 8.53. The van der Waals surface area contributed by atoms with Crippen LogP contribution in [0.25, 0.3) is 0 Å². The Morgan fingerprint density at radius 2 is 2.00 bits per heavy atom. The van der Waals surface area contributed by atoms with Crippen molar-refractivity contribution < 1.29 is 9.84 Å². The summed E-state index contributed by atoms with van der Waals surface area (Å²) in [7, 11) is 0. The Labute approximate surface area is 83.6 Å². The number of nitrogens with zero attached hydrogens (tertiary/aromatic N) is 1. The molecule has 0 bridgehead atoms. The van der Waals surface area contributed by atoms with Crippen LogP contribution < -0.4 is 4.74 Å². The minimum atomic E-state index is -0.302. The lowest BCUT2D eigenvalue weighted by atomic mass is 10.1. The van der Waals surface area contributed by atoms with Crippen molar-refractivity contribution in [3.8, 4) is 17.6 Å². The van der Waals surface area contributed by atoms with E-state index in [9.17, 15) is 5.11 Å². The molecule has 0 amide bonds. The molecule has 0 radical (unpaired) electrons. The molecule has 0 unspecified atom stereocenters. The number of phenols is 1. The van der Waals surface area contributed by atoms with Crippen LogP contribution in [0.3, 0.4) is 0 Å². The fourth-order valence-electron chi connectivity index (χ4n) is 1.02. The van der Waals surface area contributed by atoms with Crippen molar-refractivity contribution in [3.63, 3.8) is 0 Å². The predicted octanol–water partition coefficient (Wildman–Crippen LogP) is 2.44. The largest absolute Gasteiger partial charge is 0.507 e. The van der Waals surface area contributed by atoms with E-state index in [1.807, 2.05) is 26.8 Å². The first-order valence-electron chi connectivity index (χ1n) is 4.34. The van der Waals surface area contributed by atoms with Crippen molar-refractivity contribution in [2.24, 2.45) is 0 Å². The van der Waals surface area contributed by atoms with Gasteiger partial charge < -0.3 is 9.84 Å². The number of ether oxygens (including phenoxy) is 1. The topological polar surface area (TPSA) is 53.2 Å². The molecule has 0 aromatic heterocycles. The first-order valence-corrected chi connectivity index (χ1v) is 4.34. The molecule has 0 saturated carbocycles. The molecule has 1 aromatic carbocycles. The highest BCUT2D eigenvalue weighted by Crippen LogP contribution is 2.24. The summed E-state index contributed by atoms with van der Waals surface area (Å²) < 4.78 is 5.54. The van der Waals surface area contributed by atoms with Crippen LogP contribution in [0, 0.1) is 11.3 Å². The lowest BCUT2D eigenvalue weighted by Gasteiger charge is -2.21. The van der Waals surface area contributed by atoms with Gasteiger partial charge in [-0.2, -0.15) is 5.26 Å². The SMILES string of the molecule is CC(C)(C)Oc1ccc(O)c(C#N)c1. The molecule has 1 rings (SSSR count). The van der Waals surface area contributed by atoms with Gasteiger partial charge in [-0.15, -0.1) is 0 Å². The van der Waals surface area contributed by atoms with E-state index in [4.69, 9.17) is 10.00 Å². The first-order chi connectivity index (χ1) is 6.42. The second kappa shape index (κ2) is 3.59. The van der Waals surface area contributed by atoms with Gasteiger partial charge in [-0.05, 0) is 32.9 Å². The number of hydrogen-bond donors (Lipinski definition) is 1. The molecular weight excluding hydrogens is 178 g/mol. The van der Waals surface area contributed by atoms with Gasteiger partial charge in [0.2, 0.25) is 0 Å². The van der Waals surface area contributed by atoms with Crippen molar-refractivity contribution in [1.82, 2.24) is 0 Å². The smallest absolute Gasteiger partial charge is 0.133 e. The molecule has 0 aliphatic heterocycles. The van der Waals surface area contributed by atoms with Crippen LogP contribution in [0.4, 0.5) is 0 Å². The summed E-state index contributed by atoms with van der Waals surface area (Å²) in [5.41, 5.74) is -0.0734. The van der Waals surface area contributed by atoms with Crippen LogP contribution in [-0.4, -0.2) is 10.7 Å². The van der Waals surface area contributed by atoms with E-state index in [0.717, 1.165) is 0 Å². The van der Waals surface area contributed by atoms with E-state index >= 15 is 0 Å². The Morgan fingerprint density at radius 3 is 2.50 bits per heavy atom. The third kappa shape index (κ3) is 2.67. The van der Waals surface area contributed by atoms with Crippen molar-refractivity contribution >= 4 is 0 Å². The van der Waals surface area contributed by atoms with Gasteiger partial charge in [0.1, 0.15) is 23.2 Å². The van der Waals surface area contributed by atoms with Crippen molar-refractivity contribution in [2.45, 2.75) is 26.4 Å². The van der Waals surface area contributed by atoms with Gasteiger partial charge in [0.15, 0.2) is 0 Å². The molecule has 3 heteroatoms. The predicted molar refractivity (Wildman–Crippen MR) is 53.2 cm³/mol. The van der Waals surface area contributed by atoms with Gasteiger partial charge >= 0.3 is 0 Å². The molecule has 74 valence electrons. The summed E-state index contributed by atoms with van der Waals surface area (Å²) in [4.78, 5) is 0. The molecule has 0 atom stereocenters. The van der Waals surface area contributed by atoms with Gasteiger partial charge in [-0.3, -0.25) is 0 Å². The third-order valence-electron chi connectivity index (χ3n) is 1.51. The molecule has 0 aliphatic rings. The molecule has 0 fully saturated rings. The van der Waals surface area contributed by atoms with Crippen molar-refractivity contribution in [1.29, 1.82) is 5.26 Å². The molecule has 1 N–H and O–H groups in total. The van der Waals surface area contributed by atoms with E-state index in [0.29, 0.717) is 5.75 Å². The lowest BCUT2D eigenvalue weighted by molar-refractivity contribution is 0.131. The van der Waals surface area contributed by atoms with Crippen molar-refractivity contribution in [2.75, 3.05) is 0 Å². The number of nitriles is 1. The molecule has 1 aromatic rings. The standard InChI is InChI=1S/C11H13NO2/c1-11(2,3)14-9-4-5-10(13)8(6-9)7-12/h4-6,13H,1-3H3. The maximum Gasteiger partial charge on any atom is 0.133 e. The van der Waals surface area contributed by atoms with Crippen LogP contribution in [0.1, 0.15) is 26.3 Å². The summed E-state index contributed by atoms with van der Waals surface area (Å²) in [5.74, 6) is 0.570. The monoisotopic (exact) mass is 191 g/mol.